The van der Waals surface area contributed by atoms with Crippen LogP contribution in [0.5, 0.6) is 0 Å². The third-order valence-electron chi connectivity index (χ3n) is 6.57. The Labute approximate surface area is 215 Å². The number of hydrogen-bond donors (Lipinski definition) is 1. The highest BCUT2D eigenvalue weighted by atomic mass is 16.5. The Hall–Kier alpha value is -4.99. The zero-order chi connectivity index (χ0) is 27.1. The molecule has 38 heavy (non-hydrogen) atoms. The Morgan fingerprint density at radius 2 is 1.29 bits per heavy atom. The summed E-state index contributed by atoms with van der Waals surface area (Å²) >= 11 is 0. The summed E-state index contributed by atoms with van der Waals surface area (Å²) in [5.74, 6) is -5.32. The van der Waals surface area contributed by atoms with Gasteiger partial charge in [0.05, 0.1) is 56.1 Å². The summed E-state index contributed by atoms with van der Waals surface area (Å²) < 4.78 is 20.2. The zero-order valence-corrected chi connectivity index (χ0v) is 20.9. The van der Waals surface area contributed by atoms with E-state index in [-0.39, 0.29) is 27.6 Å². The van der Waals surface area contributed by atoms with Gasteiger partial charge in [-0.2, -0.15) is 0 Å². The van der Waals surface area contributed by atoms with Gasteiger partial charge >= 0.3 is 23.9 Å². The molecule has 2 aromatic heterocycles. The molecule has 0 aliphatic rings. The molecule has 10 nitrogen and oxygen atoms in total. The van der Waals surface area contributed by atoms with Crippen molar-refractivity contribution in [1.82, 2.24) is 9.97 Å². The van der Waals surface area contributed by atoms with Crippen molar-refractivity contribution in [2.75, 3.05) is 28.4 Å². The SMILES string of the molecule is COC(=O)c1c2ccccc2nc2c1c(C(C(=O)OC)C(=O)OC)c(C(=O)OC)c1c3ccccc3[nH]c21. The van der Waals surface area contributed by atoms with Crippen molar-refractivity contribution in [3.8, 4) is 0 Å². The lowest BCUT2D eigenvalue weighted by atomic mass is 9.84. The smallest absolute Gasteiger partial charge is 0.339 e. The number of benzene rings is 3. The third-order valence-corrected chi connectivity index (χ3v) is 6.57. The molecule has 0 fully saturated rings. The lowest BCUT2D eigenvalue weighted by molar-refractivity contribution is -0.154. The van der Waals surface area contributed by atoms with Crippen LogP contribution < -0.4 is 0 Å². The van der Waals surface area contributed by atoms with Crippen molar-refractivity contribution < 1.29 is 38.1 Å². The zero-order valence-electron chi connectivity index (χ0n) is 20.9. The van der Waals surface area contributed by atoms with E-state index in [0.29, 0.717) is 32.7 Å². The van der Waals surface area contributed by atoms with Gasteiger partial charge in [0.1, 0.15) is 0 Å². The fourth-order valence-electron chi connectivity index (χ4n) is 4.98. The Balaban J connectivity index is 2.21. The van der Waals surface area contributed by atoms with Gasteiger partial charge in [-0.25, -0.2) is 14.6 Å². The number of aromatic nitrogens is 2. The van der Waals surface area contributed by atoms with Gasteiger partial charge in [0, 0.05) is 32.6 Å². The third kappa shape index (κ3) is 3.52. The summed E-state index contributed by atoms with van der Waals surface area (Å²) in [5, 5.41) is 1.45. The molecule has 0 unspecified atom stereocenters. The number of carbonyl (C=O) groups excluding carboxylic acids is 4. The fourth-order valence-corrected chi connectivity index (χ4v) is 4.98. The first-order chi connectivity index (χ1) is 18.4. The Morgan fingerprint density at radius 1 is 0.711 bits per heavy atom. The topological polar surface area (TPSA) is 134 Å². The van der Waals surface area contributed by atoms with Crippen LogP contribution in [0, 0.1) is 0 Å². The normalized spacial score (nSPS) is 11.3. The van der Waals surface area contributed by atoms with Crippen molar-refractivity contribution in [1.29, 1.82) is 0 Å². The Morgan fingerprint density at radius 3 is 1.92 bits per heavy atom. The van der Waals surface area contributed by atoms with Crippen LogP contribution in [0.15, 0.2) is 48.5 Å². The van der Waals surface area contributed by atoms with E-state index in [4.69, 9.17) is 23.9 Å². The number of methoxy groups -OCH3 is 4. The van der Waals surface area contributed by atoms with Crippen molar-refractivity contribution >= 4 is 67.5 Å². The van der Waals surface area contributed by atoms with E-state index < -0.39 is 29.8 Å². The molecule has 0 aliphatic heterocycles. The maximum Gasteiger partial charge on any atom is 0.339 e. The molecule has 0 aliphatic carbocycles. The van der Waals surface area contributed by atoms with E-state index in [0.717, 1.165) is 14.2 Å². The first-order valence-corrected chi connectivity index (χ1v) is 11.5. The standard InChI is InChI=1S/C28H22N2O8/c1-35-25(31)18-14-10-6-8-12-16(14)30-24-20(18)19(22(27(33)37-3)28(34)38-4)21(26(32)36-2)17-13-9-5-7-11-15(13)29-23(17)24/h5-12,22,29H,1-4H3. The van der Waals surface area contributed by atoms with E-state index in [1.54, 1.807) is 36.4 Å². The molecule has 0 amide bonds. The Kier molecular flexibility index (Phi) is 6.15. The minimum Gasteiger partial charge on any atom is -0.468 e. The van der Waals surface area contributed by atoms with E-state index in [1.807, 2.05) is 12.1 Å². The lowest BCUT2D eigenvalue weighted by Crippen LogP contribution is -2.27. The van der Waals surface area contributed by atoms with Gasteiger partial charge in [-0.1, -0.05) is 36.4 Å². The first kappa shape index (κ1) is 24.7. The van der Waals surface area contributed by atoms with Crippen LogP contribution in [-0.4, -0.2) is 62.3 Å². The average Bonchev–Trinajstić information content (AvgIpc) is 3.34. The van der Waals surface area contributed by atoms with Crippen molar-refractivity contribution in [2.45, 2.75) is 5.92 Å². The maximum absolute atomic E-state index is 13.5. The van der Waals surface area contributed by atoms with E-state index >= 15 is 0 Å². The number of nitrogens with one attached hydrogen (secondary N) is 1. The second-order valence-corrected chi connectivity index (χ2v) is 8.40. The van der Waals surface area contributed by atoms with Gasteiger partial charge in [0.15, 0.2) is 5.92 Å². The second-order valence-electron chi connectivity index (χ2n) is 8.40. The van der Waals surface area contributed by atoms with Crippen LogP contribution in [0.3, 0.4) is 0 Å². The number of rotatable bonds is 5. The summed E-state index contributed by atoms with van der Waals surface area (Å²) in [6, 6.07) is 14.0. The molecule has 5 aromatic rings. The molecule has 0 spiro atoms. The van der Waals surface area contributed by atoms with Crippen LogP contribution in [0.4, 0.5) is 0 Å². The molecule has 0 bridgehead atoms. The van der Waals surface area contributed by atoms with Gasteiger partial charge in [0.25, 0.3) is 0 Å². The van der Waals surface area contributed by atoms with Crippen molar-refractivity contribution in [3.05, 3.63) is 65.2 Å². The lowest BCUT2D eigenvalue weighted by Gasteiger charge is -2.21. The number of aromatic amines is 1. The molecular formula is C28H22N2O8. The average molecular weight is 514 g/mol. The fraction of sp³-hybridized carbons (Fsp3) is 0.179. The highest BCUT2D eigenvalue weighted by molar-refractivity contribution is 6.30. The molecule has 0 saturated carbocycles. The predicted octanol–water partition coefficient (Wildman–Crippen LogP) is 4.03. The summed E-state index contributed by atoms with van der Waals surface area (Å²) in [4.78, 5) is 61.3. The number of pyridine rings is 1. The monoisotopic (exact) mass is 514 g/mol. The van der Waals surface area contributed by atoms with Crippen LogP contribution in [0.2, 0.25) is 0 Å². The van der Waals surface area contributed by atoms with E-state index in [1.165, 1.54) is 14.2 Å². The first-order valence-electron chi connectivity index (χ1n) is 11.5. The van der Waals surface area contributed by atoms with Gasteiger partial charge in [0.2, 0.25) is 0 Å². The maximum atomic E-state index is 13.5. The van der Waals surface area contributed by atoms with E-state index in [2.05, 4.69) is 4.98 Å². The van der Waals surface area contributed by atoms with Gasteiger partial charge in [-0.15, -0.1) is 0 Å². The summed E-state index contributed by atoms with van der Waals surface area (Å²) in [5.41, 5.74) is 1.58. The molecule has 1 N–H and O–H groups in total. The Bertz CT molecular complexity index is 1790. The number of hydrogen-bond acceptors (Lipinski definition) is 9. The van der Waals surface area contributed by atoms with Gasteiger partial charge in [-0.05, 0) is 12.1 Å². The van der Waals surface area contributed by atoms with Crippen molar-refractivity contribution in [3.63, 3.8) is 0 Å². The number of fused-ring (bicyclic) bond motifs is 6. The summed E-state index contributed by atoms with van der Waals surface area (Å²) in [6.45, 7) is 0. The molecule has 10 heteroatoms. The molecule has 5 rings (SSSR count). The number of nitrogens with zero attached hydrogens (tertiary/aromatic N) is 1. The number of esters is 4. The van der Waals surface area contributed by atoms with Crippen LogP contribution in [0.25, 0.3) is 43.6 Å². The molecular weight excluding hydrogens is 492 g/mol. The van der Waals surface area contributed by atoms with Crippen LogP contribution >= 0.6 is 0 Å². The molecule has 3 aromatic carbocycles. The molecule has 2 heterocycles. The predicted molar refractivity (Wildman–Crippen MR) is 138 cm³/mol. The largest absolute Gasteiger partial charge is 0.468 e. The number of ether oxygens (including phenoxy) is 4. The second kappa shape index (κ2) is 9.47. The number of para-hydroxylation sites is 2. The minimum atomic E-state index is -1.74. The highest BCUT2D eigenvalue weighted by Gasteiger charge is 2.40. The number of H-pyrrole nitrogens is 1. The molecule has 0 atom stereocenters. The van der Waals surface area contributed by atoms with E-state index in [9.17, 15) is 19.2 Å². The highest BCUT2D eigenvalue weighted by Crippen LogP contribution is 2.43. The molecule has 0 saturated heterocycles. The summed E-state index contributed by atoms with van der Waals surface area (Å²) in [6.07, 6.45) is 0. The van der Waals surface area contributed by atoms with Crippen molar-refractivity contribution in [2.24, 2.45) is 0 Å². The quantitative estimate of drug-likeness (QED) is 0.160. The van der Waals surface area contributed by atoms with Gasteiger partial charge in [-0.3, -0.25) is 9.59 Å². The molecule has 0 radical (unpaired) electrons. The van der Waals surface area contributed by atoms with Crippen LogP contribution in [-0.2, 0) is 28.5 Å². The van der Waals surface area contributed by atoms with Crippen LogP contribution in [0.1, 0.15) is 32.2 Å². The minimum absolute atomic E-state index is 0.0200. The van der Waals surface area contributed by atoms with Gasteiger partial charge < -0.3 is 23.9 Å². The molecule has 192 valence electrons. The number of carbonyl (C=O) groups is 4. The summed E-state index contributed by atoms with van der Waals surface area (Å²) in [7, 11) is 4.61.